The van der Waals surface area contributed by atoms with E-state index in [-0.39, 0.29) is 11.9 Å². The van der Waals surface area contributed by atoms with E-state index in [4.69, 9.17) is 4.74 Å². The zero-order valence-corrected chi connectivity index (χ0v) is 10.9. The molecule has 0 aromatic rings. The normalized spacial score (nSPS) is 22.1. The van der Waals surface area contributed by atoms with Crippen molar-refractivity contribution in [3.05, 3.63) is 9.81 Å². The Morgan fingerprint density at radius 1 is 1.67 bits per heavy atom. The van der Waals surface area contributed by atoms with Gasteiger partial charge in [-0.3, -0.25) is 0 Å². The monoisotopic (exact) mass is 248 g/mol. The van der Waals surface area contributed by atoms with Crippen molar-refractivity contribution in [3.63, 3.8) is 0 Å². The highest BCUT2D eigenvalue weighted by Gasteiger charge is 2.32. The Balaban J connectivity index is 2.96. The summed E-state index contributed by atoms with van der Waals surface area (Å²) in [5.74, 6) is 1.19. The van der Waals surface area contributed by atoms with Gasteiger partial charge in [-0.05, 0) is 18.1 Å². The summed E-state index contributed by atoms with van der Waals surface area (Å²) in [5, 5.41) is 0. The van der Waals surface area contributed by atoms with Gasteiger partial charge in [0, 0.05) is 11.7 Å². The Bertz CT molecular complexity index is 274. The molecular weight excluding hydrogens is 232 g/mol. The van der Waals surface area contributed by atoms with Crippen LogP contribution in [0.3, 0.4) is 0 Å². The lowest BCUT2D eigenvalue weighted by molar-refractivity contribution is -0.137. The van der Waals surface area contributed by atoms with Crippen LogP contribution < -0.4 is 0 Å². The van der Waals surface area contributed by atoms with E-state index in [1.54, 1.807) is 6.92 Å². The molecule has 0 aromatic carbocycles. The zero-order chi connectivity index (χ0) is 11.4. The number of carbonyl (C=O) groups is 1. The van der Waals surface area contributed by atoms with Gasteiger partial charge >= 0.3 is 5.97 Å². The molecule has 0 aromatic heterocycles. The van der Waals surface area contributed by atoms with Crippen LogP contribution in [0, 0.1) is 5.92 Å². The second-order valence-corrected chi connectivity index (χ2v) is 6.11. The van der Waals surface area contributed by atoms with Gasteiger partial charge in [-0.25, -0.2) is 4.79 Å². The minimum atomic E-state index is -1.00. The number of ether oxygens (including phenoxy) is 1. The molecule has 1 rings (SSSR count). The molecule has 0 amide bonds. The van der Waals surface area contributed by atoms with E-state index in [1.165, 1.54) is 11.8 Å². The largest absolute Gasteiger partial charge is 0.612 e. The first-order valence-electron chi connectivity index (χ1n) is 5.00. The molecule has 0 bridgehead atoms. The second-order valence-electron chi connectivity index (χ2n) is 3.47. The Kier molecular flexibility index (Phi) is 5.02. The van der Waals surface area contributed by atoms with Crippen LogP contribution in [0.15, 0.2) is 9.81 Å². The summed E-state index contributed by atoms with van der Waals surface area (Å²) in [6, 6.07) is 0. The fourth-order valence-electron chi connectivity index (χ4n) is 1.39. The van der Waals surface area contributed by atoms with Crippen LogP contribution in [0.5, 0.6) is 0 Å². The Morgan fingerprint density at radius 2 is 2.33 bits per heavy atom. The number of allylic oxidation sites excluding steroid dienone is 1. The predicted octanol–water partition coefficient (Wildman–Crippen LogP) is 1.91. The lowest BCUT2D eigenvalue weighted by atomic mass is 10.2. The van der Waals surface area contributed by atoms with E-state index in [1.807, 2.05) is 13.8 Å². The van der Waals surface area contributed by atoms with Crippen LogP contribution >= 0.6 is 11.8 Å². The molecule has 0 spiro atoms. The van der Waals surface area contributed by atoms with Crippen LogP contribution in [-0.2, 0) is 20.7 Å². The first-order chi connectivity index (χ1) is 7.07. The van der Waals surface area contributed by atoms with E-state index in [2.05, 4.69) is 0 Å². The lowest BCUT2D eigenvalue weighted by Gasteiger charge is -2.23. The SMILES string of the molecule is CCOC(=O)C1=C(C(C)C)[S+]([O-])CCS1. The van der Waals surface area contributed by atoms with Crippen molar-refractivity contribution in [2.75, 3.05) is 18.1 Å². The minimum Gasteiger partial charge on any atom is -0.612 e. The van der Waals surface area contributed by atoms with E-state index in [0.29, 0.717) is 17.3 Å². The number of esters is 1. The van der Waals surface area contributed by atoms with Crippen molar-refractivity contribution in [1.82, 2.24) is 0 Å². The Morgan fingerprint density at radius 3 is 2.87 bits per heavy atom. The van der Waals surface area contributed by atoms with Gasteiger partial charge in [0.15, 0.2) is 4.91 Å². The van der Waals surface area contributed by atoms with Gasteiger partial charge in [0.1, 0.15) is 10.7 Å². The number of rotatable bonds is 3. The molecule has 0 N–H and O–H groups in total. The van der Waals surface area contributed by atoms with E-state index < -0.39 is 11.2 Å². The summed E-state index contributed by atoms with van der Waals surface area (Å²) in [5.41, 5.74) is 0. The highest BCUT2D eigenvalue weighted by Crippen LogP contribution is 2.34. The zero-order valence-electron chi connectivity index (χ0n) is 9.24. The Hall–Kier alpha value is -0.130. The third kappa shape index (κ3) is 3.16. The fraction of sp³-hybridized carbons (Fsp3) is 0.700. The highest BCUT2D eigenvalue weighted by atomic mass is 32.2. The van der Waals surface area contributed by atoms with Crippen LogP contribution in [0.1, 0.15) is 20.8 Å². The van der Waals surface area contributed by atoms with Crippen molar-refractivity contribution in [3.8, 4) is 0 Å². The summed E-state index contributed by atoms with van der Waals surface area (Å²) in [4.78, 5) is 12.9. The molecule has 1 aliphatic heterocycles. The molecule has 0 aliphatic carbocycles. The molecular formula is C10H16O3S2. The summed E-state index contributed by atoms with van der Waals surface area (Å²) < 4.78 is 16.7. The lowest BCUT2D eigenvalue weighted by Crippen LogP contribution is -2.24. The molecule has 0 saturated carbocycles. The summed E-state index contributed by atoms with van der Waals surface area (Å²) in [7, 11) is 0. The van der Waals surface area contributed by atoms with Crippen molar-refractivity contribution in [1.29, 1.82) is 0 Å². The van der Waals surface area contributed by atoms with Gasteiger partial charge in [-0.15, -0.1) is 11.8 Å². The quantitative estimate of drug-likeness (QED) is 0.565. The number of carbonyl (C=O) groups excluding carboxylic acids is 1. The molecule has 1 aliphatic rings. The maximum Gasteiger partial charge on any atom is 0.349 e. The van der Waals surface area contributed by atoms with Gasteiger partial charge in [0.2, 0.25) is 0 Å². The van der Waals surface area contributed by atoms with Crippen molar-refractivity contribution < 1.29 is 14.1 Å². The van der Waals surface area contributed by atoms with Crippen LogP contribution in [0.25, 0.3) is 0 Å². The van der Waals surface area contributed by atoms with E-state index in [9.17, 15) is 9.35 Å². The topological polar surface area (TPSA) is 49.4 Å². The van der Waals surface area contributed by atoms with Crippen LogP contribution in [-0.4, -0.2) is 28.6 Å². The molecule has 0 saturated heterocycles. The molecule has 5 heteroatoms. The predicted molar refractivity (Wildman–Crippen MR) is 64.0 cm³/mol. The summed E-state index contributed by atoms with van der Waals surface area (Å²) >= 11 is 0.459. The second kappa shape index (κ2) is 5.82. The maximum absolute atomic E-state index is 11.8. The van der Waals surface area contributed by atoms with Gasteiger partial charge in [-0.1, -0.05) is 13.8 Å². The smallest absolute Gasteiger partial charge is 0.349 e. The maximum atomic E-state index is 11.8. The first-order valence-corrected chi connectivity index (χ1v) is 7.30. The molecule has 15 heavy (non-hydrogen) atoms. The standard InChI is InChI=1S/C10H16O3S2/c1-4-13-10(11)8-9(7(2)3)15(12)6-5-14-8/h7H,4-6H2,1-3H3. The average molecular weight is 248 g/mol. The summed E-state index contributed by atoms with van der Waals surface area (Å²) in [6.45, 7) is 6.05. The van der Waals surface area contributed by atoms with Crippen molar-refractivity contribution in [2.45, 2.75) is 20.8 Å². The van der Waals surface area contributed by atoms with Crippen LogP contribution in [0.2, 0.25) is 0 Å². The van der Waals surface area contributed by atoms with E-state index in [0.717, 1.165) is 10.7 Å². The van der Waals surface area contributed by atoms with Crippen molar-refractivity contribution >= 4 is 28.9 Å². The average Bonchev–Trinajstić information content (AvgIpc) is 2.17. The van der Waals surface area contributed by atoms with Gasteiger partial charge < -0.3 is 9.29 Å². The number of hydrogen-bond acceptors (Lipinski definition) is 4. The van der Waals surface area contributed by atoms with E-state index >= 15 is 0 Å². The third-order valence-electron chi connectivity index (χ3n) is 1.97. The fourth-order valence-corrected chi connectivity index (χ4v) is 4.57. The van der Waals surface area contributed by atoms with Gasteiger partial charge in [0.25, 0.3) is 0 Å². The molecule has 3 nitrogen and oxygen atoms in total. The summed E-state index contributed by atoms with van der Waals surface area (Å²) in [6.07, 6.45) is 0. The van der Waals surface area contributed by atoms with Crippen molar-refractivity contribution in [2.24, 2.45) is 5.92 Å². The van der Waals surface area contributed by atoms with Gasteiger partial charge in [-0.2, -0.15) is 0 Å². The number of hydrogen-bond donors (Lipinski definition) is 0. The molecule has 86 valence electrons. The molecule has 0 fully saturated rings. The molecule has 1 unspecified atom stereocenters. The third-order valence-corrected chi connectivity index (χ3v) is 5.18. The highest BCUT2D eigenvalue weighted by molar-refractivity contribution is 8.07. The number of thioether (sulfide) groups is 1. The van der Waals surface area contributed by atoms with Crippen LogP contribution in [0.4, 0.5) is 0 Å². The molecule has 1 atom stereocenters. The Labute approximate surface area is 97.8 Å². The molecule has 1 heterocycles. The minimum absolute atomic E-state index is 0.137. The molecule has 0 radical (unpaired) electrons. The van der Waals surface area contributed by atoms with Gasteiger partial charge in [0.05, 0.1) is 6.61 Å². The first kappa shape index (κ1) is 12.9.